The second-order valence-corrected chi connectivity index (χ2v) is 8.41. The molecule has 2 aromatic rings. The van der Waals surface area contributed by atoms with Crippen molar-refractivity contribution in [3.05, 3.63) is 71.3 Å². The average molecular weight is 488 g/mol. The summed E-state index contributed by atoms with van der Waals surface area (Å²) in [6, 6.07) is 16.1. The summed E-state index contributed by atoms with van der Waals surface area (Å²) in [5, 5.41) is 12.6. The lowest BCUT2D eigenvalue weighted by molar-refractivity contribution is -0.149. The zero-order valence-electron chi connectivity index (χ0n) is 19.6. The van der Waals surface area contributed by atoms with Crippen molar-refractivity contribution in [3.63, 3.8) is 0 Å². The van der Waals surface area contributed by atoms with Crippen LogP contribution in [0.15, 0.2) is 54.6 Å². The SMILES string of the molecule is CCOC(=O)[C@H](CCc1ccccc1)N[C@@H](C)C(=O)N(CC(=O)O)C1Cc2ccccc2C1.[Cl-]. The van der Waals surface area contributed by atoms with Crippen molar-refractivity contribution < 1.29 is 36.6 Å². The Morgan fingerprint density at radius 2 is 1.65 bits per heavy atom. The van der Waals surface area contributed by atoms with Crippen LogP contribution in [0.4, 0.5) is 0 Å². The van der Waals surface area contributed by atoms with Gasteiger partial charge in [-0.2, -0.15) is 0 Å². The number of hydrogen-bond donors (Lipinski definition) is 2. The van der Waals surface area contributed by atoms with Crippen LogP contribution >= 0.6 is 0 Å². The first-order chi connectivity index (χ1) is 15.9. The zero-order valence-corrected chi connectivity index (χ0v) is 20.3. The molecule has 0 spiro atoms. The number of ether oxygens (including phenoxy) is 1. The summed E-state index contributed by atoms with van der Waals surface area (Å²) >= 11 is 0. The predicted molar refractivity (Wildman–Crippen MR) is 125 cm³/mol. The van der Waals surface area contributed by atoms with Crippen LogP contribution in [0.2, 0.25) is 0 Å². The second kappa shape index (κ2) is 13.1. The van der Waals surface area contributed by atoms with Gasteiger partial charge < -0.3 is 27.2 Å². The number of halogens is 1. The molecular formula is C26H32ClN2O5-. The van der Waals surface area contributed by atoms with Crippen LogP contribution in [0.5, 0.6) is 0 Å². The highest BCUT2D eigenvalue weighted by atomic mass is 35.5. The monoisotopic (exact) mass is 487 g/mol. The predicted octanol–water partition coefficient (Wildman–Crippen LogP) is -0.386. The van der Waals surface area contributed by atoms with Crippen molar-refractivity contribution in [2.45, 2.75) is 57.7 Å². The van der Waals surface area contributed by atoms with E-state index in [1.54, 1.807) is 13.8 Å². The maximum absolute atomic E-state index is 13.4. The van der Waals surface area contributed by atoms with Gasteiger partial charge in [0.1, 0.15) is 12.6 Å². The maximum atomic E-state index is 13.4. The molecule has 34 heavy (non-hydrogen) atoms. The fourth-order valence-electron chi connectivity index (χ4n) is 4.38. The summed E-state index contributed by atoms with van der Waals surface area (Å²) in [6.07, 6.45) is 2.36. The van der Waals surface area contributed by atoms with Crippen LogP contribution in [0.3, 0.4) is 0 Å². The number of carbonyl (C=O) groups excluding carboxylic acids is 2. The Balaban J connectivity index is 0.00000408. The largest absolute Gasteiger partial charge is 1.00 e. The van der Waals surface area contributed by atoms with Gasteiger partial charge in [-0.25, -0.2) is 0 Å². The summed E-state index contributed by atoms with van der Waals surface area (Å²) in [4.78, 5) is 38.9. The number of fused-ring (bicyclic) bond motifs is 1. The molecule has 3 rings (SSSR count). The van der Waals surface area contributed by atoms with E-state index in [1.807, 2.05) is 54.6 Å². The van der Waals surface area contributed by atoms with Gasteiger partial charge in [-0.05, 0) is 56.2 Å². The van der Waals surface area contributed by atoms with Crippen molar-refractivity contribution in [3.8, 4) is 0 Å². The third kappa shape index (κ3) is 7.30. The Kier molecular flexibility index (Phi) is 10.5. The number of aliphatic carboxylic acids is 1. The molecule has 0 aromatic heterocycles. The molecule has 0 unspecified atom stereocenters. The van der Waals surface area contributed by atoms with E-state index in [-0.39, 0.29) is 37.5 Å². The number of carboxylic acid groups (broad SMARTS) is 1. The number of nitrogens with one attached hydrogen (secondary N) is 1. The van der Waals surface area contributed by atoms with Crippen LogP contribution < -0.4 is 17.7 Å². The first-order valence-electron chi connectivity index (χ1n) is 11.4. The second-order valence-electron chi connectivity index (χ2n) is 8.41. The van der Waals surface area contributed by atoms with E-state index in [1.165, 1.54) is 4.90 Å². The van der Waals surface area contributed by atoms with Crippen molar-refractivity contribution in [2.75, 3.05) is 13.2 Å². The minimum absolute atomic E-state index is 0. The van der Waals surface area contributed by atoms with Crippen molar-refractivity contribution in [1.82, 2.24) is 10.2 Å². The Bertz CT molecular complexity index is 944. The number of aryl methyl sites for hydroxylation is 1. The van der Waals surface area contributed by atoms with E-state index in [0.717, 1.165) is 16.7 Å². The molecule has 0 saturated carbocycles. The molecule has 0 bridgehead atoms. The Labute approximate surface area is 206 Å². The van der Waals surface area contributed by atoms with E-state index in [2.05, 4.69) is 5.32 Å². The molecule has 2 N–H and O–H groups in total. The van der Waals surface area contributed by atoms with Crippen molar-refractivity contribution in [1.29, 1.82) is 0 Å². The van der Waals surface area contributed by atoms with Crippen molar-refractivity contribution in [2.24, 2.45) is 0 Å². The first-order valence-corrected chi connectivity index (χ1v) is 11.4. The van der Waals surface area contributed by atoms with E-state index < -0.39 is 24.0 Å². The van der Waals surface area contributed by atoms with Gasteiger partial charge in [0.2, 0.25) is 5.91 Å². The molecule has 8 heteroatoms. The highest BCUT2D eigenvalue weighted by Crippen LogP contribution is 2.26. The smallest absolute Gasteiger partial charge is 0.323 e. The summed E-state index contributed by atoms with van der Waals surface area (Å²) < 4.78 is 5.22. The van der Waals surface area contributed by atoms with Crippen LogP contribution in [-0.4, -0.2) is 59.1 Å². The van der Waals surface area contributed by atoms with Gasteiger partial charge in [0, 0.05) is 6.04 Å². The molecule has 7 nitrogen and oxygen atoms in total. The van der Waals surface area contributed by atoms with Gasteiger partial charge >= 0.3 is 11.9 Å². The van der Waals surface area contributed by atoms with Crippen LogP contribution in [0, 0.1) is 0 Å². The quantitative estimate of drug-likeness (QED) is 0.419. The lowest BCUT2D eigenvalue weighted by Gasteiger charge is -2.31. The molecule has 0 saturated heterocycles. The molecule has 1 aliphatic carbocycles. The summed E-state index contributed by atoms with van der Waals surface area (Å²) in [6.45, 7) is 3.29. The van der Waals surface area contributed by atoms with Gasteiger partial charge in [0.15, 0.2) is 0 Å². The summed E-state index contributed by atoms with van der Waals surface area (Å²) in [5.41, 5.74) is 3.36. The molecule has 0 radical (unpaired) electrons. The molecule has 0 fully saturated rings. The number of carbonyl (C=O) groups is 3. The molecule has 0 aliphatic heterocycles. The Hall–Kier alpha value is -2.90. The van der Waals surface area contributed by atoms with Crippen LogP contribution in [-0.2, 0) is 38.4 Å². The minimum atomic E-state index is -1.06. The lowest BCUT2D eigenvalue weighted by Crippen LogP contribution is -3.00. The molecular weight excluding hydrogens is 456 g/mol. The summed E-state index contributed by atoms with van der Waals surface area (Å²) in [5.74, 6) is -1.80. The zero-order chi connectivity index (χ0) is 23.8. The number of benzene rings is 2. The fraction of sp³-hybridized carbons (Fsp3) is 0.423. The molecule has 0 heterocycles. The minimum Gasteiger partial charge on any atom is -1.00 e. The first kappa shape index (κ1) is 27.3. The molecule has 184 valence electrons. The number of amides is 1. The van der Waals surface area contributed by atoms with Crippen LogP contribution in [0.1, 0.15) is 37.0 Å². The van der Waals surface area contributed by atoms with Crippen LogP contribution in [0.25, 0.3) is 0 Å². The lowest BCUT2D eigenvalue weighted by atomic mass is 10.0. The number of esters is 1. The highest BCUT2D eigenvalue weighted by molar-refractivity contribution is 5.86. The summed E-state index contributed by atoms with van der Waals surface area (Å²) in [7, 11) is 0. The third-order valence-corrected chi connectivity index (χ3v) is 6.02. The van der Waals surface area contributed by atoms with E-state index >= 15 is 0 Å². The number of nitrogens with zero attached hydrogens (tertiary/aromatic N) is 1. The van der Waals surface area contributed by atoms with Gasteiger partial charge in [0.25, 0.3) is 0 Å². The van der Waals surface area contributed by atoms with Gasteiger partial charge in [-0.15, -0.1) is 0 Å². The van der Waals surface area contributed by atoms with E-state index in [0.29, 0.717) is 25.7 Å². The Morgan fingerprint density at radius 1 is 1.06 bits per heavy atom. The standard InChI is InChI=1S/C26H32N2O5.ClH/c1-3-33-26(32)23(14-13-19-9-5-4-6-10-19)27-18(2)25(31)28(17-24(29)30)22-15-20-11-7-8-12-21(20)16-22;/h4-12,18,22-23,27H,3,13-17H2,1-2H3,(H,29,30);1H/p-1/t18-,23-;/m0./s1. The number of hydrogen-bond acceptors (Lipinski definition) is 5. The normalized spacial score (nSPS) is 14.4. The molecule has 1 amide bonds. The maximum Gasteiger partial charge on any atom is 0.323 e. The average Bonchev–Trinajstić information content (AvgIpc) is 3.24. The van der Waals surface area contributed by atoms with Gasteiger partial charge in [-0.1, -0.05) is 54.6 Å². The van der Waals surface area contributed by atoms with Gasteiger partial charge in [-0.3, -0.25) is 19.7 Å². The fourth-order valence-corrected chi connectivity index (χ4v) is 4.38. The molecule has 2 atom stereocenters. The van der Waals surface area contributed by atoms with E-state index in [9.17, 15) is 19.5 Å². The molecule has 1 aliphatic rings. The van der Waals surface area contributed by atoms with E-state index in [4.69, 9.17) is 4.74 Å². The Morgan fingerprint density at radius 3 is 2.21 bits per heavy atom. The highest BCUT2D eigenvalue weighted by Gasteiger charge is 2.34. The van der Waals surface area contributed by atoms with Crippen molar-refractivity contribution >= 4 is 17.8 Å². The topological polar surface area (TPSA) is 95.9 Å². The number of rotatable bonds is 11. The van der Waals surface area contributed by atoms with Gasteiger partial charge in [0.05, 0.1) is 12.6 Å². The molecule has 2 aromatic carbocycles. The number of carboxylic acids is 1. The third-order valence-electron chi connectivity index (χ3n) is 6.02.